The quantitative estimate of drug-likeness (QED) is 0.100. The molecule has 8 aromatic rings. The molecule has 0 spiro atoms. The van der Waals surface area contributed by atoms with Gasteiger partial charge in [0.05, 0.1) is 5.41 Å². The predicted octanol–water partition coefficient (Wildman–Crippen LogP) is 15.7. The van der Waals surface area contributed by atoms with E-state index in [-0.39, 0.29) is 21.1 Å². The summed E-state index contributed by atoms with van der Waals surface area (Å²) in [7, 11) is 1.96. The topological polar surface area (TPSA) is 66.2 Å². The van der Waals surface area contributed by atoms with E-state index in [0.717, 1.165) is 35.5 Å². The Morgan fingerprint density at radius 3 is 1.46 bits per heavy atom. The fourth-order valence-electron chi connectivity index (χ4n) is 7.92. The zero-order valence-corrected chi connectivity index (χ0v) is 39.4. The first-order valence-electron chi connectivity index (χ1n) is 21.3. The van der Waals surface area contributed by atoms with E-state index in [1.165, 1.54) is 50.1 Å². The molecule has 0 atom stereocenters. The first-order valence-corrected chi connectivity index (χ1v) is 21.3. The van der Waals surface area contributed by atoms with Gasteiger partial charge in [0.15, 0.2) is 0 Å². The van der Waals surface area contributed by atoms with Crippen molar-refractivity contribution in [3.05, 3.63) is 281 Å². The minimum atomic E-state index is -0.436. The largest absolute Gasteiger partial charge is 2.00 e. The van der Waals surface area contributed by atoms with Gasteiger partial charge in [-0.1, -0.05) is 239 Å². The third-order valence-electron chi connectivity index (χ3n) is 10.7. The summed E-state index contributed by atoms with van der Waals surface area (Å²) >= 11 is 0. The normalized spacial score (nSPS) is 11.5. The van der Waals surface area contributed by atoms with Gasteiger partial charge < -0.3 is 21.9 Å². The van der Waals surface area contributed by atoms with Gasteiger partial charge in [0, 0.05) is 13.2 Å². The molecule has 8 aromatic carbocycles. The second-order valence-corrected chi connectivity index (χ2v) is 14.5. The van der Waals surface area contributed by atoms with Crippen LogP contribution in [0.15, 0.2) is 237 Å². The summed E-state index contributed by atoms with van der Waals surface area (Å²) in [5.41, 5.74) is 18.5. The summed E-state index contributed by atoms with van der Waals surface area (Å²) in [6.45, 7) is 8.67. The van der Waals surface area contributed by atoms with Crippen LogP contribution in [-0.4, -0.2) is 7.05 Å². The molecule has 314 valence electrons. The van der Waals surface area contributed by atoms with Gasteiger partial charge in [0.25, 0.3) is 0 Å². The maximum atomic E-state index is 4.97. The number of nitrogens with zero attached hydrogens (tertiary/aromatic N) is 2. The van der Waals surface area contributed by atoms with E-state index in [0.29, 0.717) is 0 Å². The number of benzene rings is 8. The van der Waals surface area contributed by atoms with Gasteiger partial charge in [-0.3, -0.25) is 0 Å². The van der Waals surface area contributed by atoms with Crippen LogP contribution >= 0.6 is 0 Å². The third kappa shape index (κ3) is 11.8. The number of fused-ring (bicyclic) bond motifs is 4. The number of hydrogen-bond donors (Lipinski definition) is 2. The Kier molecular flexibility index (Phi) is 18.5. The van der Waals surface area contributed by atoms with Crippen molar-refractivity contribution in [2.45, 2.75) is 32.1 Å². The summed E-state index contributed by atoms with van der Waals surface area (Å²) in [6, 6.07) is 77.7. The molecule has 2 bridgehead atoms. The number of nitrogens with two attached hydrogens (primary N) is 1. The molecule has 0 amide bonds. The molecule has 0 unspecified atom stereocenters. The van der Waals surface area contributed by atoms with Crippen LogP contribution in [0.2, 0.25) is 0 Å². The molecule has 0 heterocycles. The molecule has 1 aliphatic rings. The SMILES string of the molecule is C=C(CC/C(=C\NC)c1ccccc1)c1ccc2cc1C(c1ccccc1)(c1ccccc1)c1ccccc1-2.CC.N[N-]c1ccccc1.[W+2].c1ccc([N-]c2ccccc2)cc1. The fraction of sp³-hybridized carbons (Fsp3) is 0.103. The number of allylic oxidation sites excluding steroid dienone is 2. The smallest absolute Gasteiger partial charge is 0.658 e. The van der Waals surface area contributed by atoms with Gasteiger partial charge in [-0.2, -0.15) is 0 Å². The van der Waals surface area contributed by atoms with Crippen LogP contribution in [0.3, 0.4) is 0 Å². The molecular formula is C58H56N4W. The van der Waals surface area contributed by atoms with Gasteiger partial charge in [0.2, 0.25) is 0 Å². The molecule has 63 heavy (non-hydrogen) atoms. The summed E-state index contributed by atoms with van der Waals surface area (Å²) in [5, 5.41) is 7.69. The van der Waals surface area contributed by atoms with Crippen LogP contribution in [0.25, 0.3) is 33.0 Å². The minimum Gasteiger partial charge on any atom is -0.658 e. The molecule has 1 aliphatic carbocycles. The van der Waals surface area contributed by atoms with E-state index in [2.05, 4.69) is 162 Å². The number of hydrogen-bond acceptors (Lipinski definition) is 2. The first-order chi connectivity index (χ1) is 30.6. The van der Waals surface area contributed by atoms with Gasteiger partial charge in [-0.25, -0.2) is 0 Å². The molecule has 5 heteroatoms. The number of rotatable bonds is 11. The van der Waals surface area contributed by atoms with E-state index in [9.17, 15) is 0 Å². The van der Waals surface area contributed by atoms with Gasteiger partial charge in [-0.05, 0) is 74.6 Å². The zero-order valence-electron chi connectivity index (χ0n) is 36.4. The Morgan fingerprint density at radius 2 is 0.984 bits per heavy atom. The average Bonchev–Trinajstić information content (AvgIpc) is 3.36. The average molecular weight is 993 g/mol. The summed E-state index contributed by atoms with van der Waals surface area (Å²) in [6.07, 6.45) is 3.89. The minimum absolute atomic E-state index is 0. The van der Waals surface area contributed by atoms with Crippen LogP contribution in [0.4, 0.5) is 17.1 Å². The third-order valence-corrected chi connectivity index (χ3v) is 10.7. The van der Waals surface area contributed by atoms with E-state index in [1.54, 1.807) is 0 Å². The molecule has 4 nitrogen and oxygen atoms in total. The monoisotopic (exact) mass is 992 g/mol. The van der Waals surface area contributed by atoms with Crippen molar-refractivity contribution in [2.75, 3.05) is 7.05 Å². The molecule has 0 saturated heterocycles. The Bertz CT molecular complexity index is 2500. The van der Waals surface area contributed by atoms with Crippen LogP contribution in [0.1, 0.15) is 60.1 Å². The van der Waals surface area contributed by atoms with Crippen molar-refractivity contribution in [1.82, 2.24) is 5.32 Å². The van der Waals surface area contributed by atoms with E-state index in [4.69, 9.17) is 5.84 Å². The van der Waals surface area contributed by atoms with E-state index >= 15 is 0 Å². The Labute approximate surface area is 389 Å². The van der Waals surface area contributed by atoms with Gasteiger partial charge >= 0.3 is 21.1 Å². The Hall–Kier alpha value is -6.71. The molecular weight excluding hydrogens is 937 g/mol. The number of para-hydroxylation sites is 2. The molecule has 3 N–H and O–H groups in total. The summed E-state index contributed by atoms with van der Waals surface area (Å²) < 4.78 is 0. The zero-order chi connectivity index (χ0) is 43.4. The van der Waals surface area contributed by atoms with E-state index < -0.39 is 5.41 Å². The fourth-order valence-corrected chi connectivity index (χ4v) is 7.92. The molecule has 0 saturated carbocycles. The van der Waals surface area contributed by atoms with Crippen molar-refractivity contribution in [1.29, 1.82) is 0 Å². The van der Waals surface area contributed by atoms with Crippen molar-refractivity contribution in [2.24, 2.45) is 5.84 Å². The second kappa shape index (κ2) is 24.7. The van der Waals surface area contributed by atoms with Crippen molar-refractivity contribution in [3.63, 3.8) is 0 Å². The summed E-state index contributed by atoms with van der Waals surface area (Å²) in [5.74, 6) is 4.97. The Morgan fingerprint density at radius 1 is 0.540 bits per heavy atom. The van der Waals surface area contributed by atoms with Crippen LogP contribution in [0, 0.1) is 0 Å². The van der Waals surface area contributed by atoms with Crippen LogP contribution < -0.4 is 11.2 Å². The van der Waals surface area contributed by atoms with E-state index in [1.807, 2.05) is 112 Å². The molecule has 0 aliphatic heterocycles. The summed E-state index contributed by atoms with van der Waals surface area (Å²) in [4.78, 5) is 0. The van der Waals surface area contributed by atoms with Crippen molar-refractivity contribution in [3.8, 4) is 11.1 Å². The van der Waals surface area contributed by atoms with Gasteiger partial charge in [-0.15, -0.1) is 17.1 Å². The maximum Gasteiger partial charge on any atom is 2.00 e. The van der Waals surface area contributed by atoms with Crippen molar-refractivity contribution < 1.29 is 21.1 Å². The van der Waals surface area contributed by atoms with Crippen LogP contribution in [0.5, 0.6) is 0 Å². The van der Waals surface area contributed by atoms with Gasteiger partial charge in [0.1, 0.15) is 0 Å². The Balaban J connectivity index is 0.000000254. The molecule has 0 aromatic heterocycles. The van der Waals surface area contributed by atoms with Crippen LogP contribution in [-0.2, 0) is 26.5 Å². The molecule has 0 fully saturated rings. The molecule has 0 radical (unpaired) electrons. The second-order valence-electron chi connectivity index (χ2n) is 14.5. The van der Waals surface area contributed by atoms with Crippen molar-refractivity contribution >= 4 is 28.2 Å². The first kappa shape index (κ1) is 47.3. The molecule has 9 rings (SSSR count). The maximum absolute atomic E-state index is 4.97. The predicted molar refractivity (Wildman–Crippen MR) is 266 cm³/mol. The number of nitrogens with one attached hydrogen (secondary N) is 1. The standard InChI is InChI=1S/C38H33N.C12H10N.C6H7N2.C2H6.W/c1-28(22-23-31(27-39-2)29-14-6-3-7-15-29)34-25-24-30-26-37(34)38(32-16-8-4-9-17-32,33-18-10-5-11-19-33)36-21-13-12-20-35(30)36;1-3-7-11(8-4-1)13-12-9-5-2-6-10-12;7-8-6-4-2-1-3-5-6;1-2;/h3-21,24-27,39H,1,22-23H2,2H3;1-10H;1-5H,7H2;1-2H3;/q;2*-1;;+2/b31-27+;;;;.